The number of aromatic hydroxyl groups is 3. The van der Waals surface area contributed by atoms with E-state index in [1.165, 1.54) is 0 Å². The summed E-state index contributed by atoms with van der Waals surface area (Å²) in [5, 5.41) is 31.5. The Hall–Kier alpha value is -3.87. The van der Waals surface area contributed by atoms with Crippen LogP contribution in [0.1, 0.15) is 6.42 Å². The maximum atomic E-state index is 10.8. The molecule has 0 bridgehead atoms. The normalized spacial score (nSPS) is 11.0. The highest BCUT2D eigenvalue weighted by atomic mass is 16.5. The largest absolute Gasteiger partial charge is 0.508 e. The summed E-state index contributed by atoms with van der Waals surface area (Å²) in [7, 11) is 1.60. The summed E-state index contributed by atoms with van der Waals surface area (Å²) >= 11 is 0. The number of rotatable bonds is 7. The van der Waals surface area contributed by atoms with Crippen molar-refractivity contribution in [2.75, 3.05) is 7.11 Å². The topological polar surface area (TPSA) is 92.7 Å². The number of hydrogen-bond acceptors (Lipinski definition) is 5. The van der Waals surface area contributed by atoms with E-state index < -0.39 is 0 Å². The summed E-state index contributed by atoms with van der Waals surface area (Å²) in [6.07, 6.45) is 6.08. The maximum absolute atomic E-state index is 10.8. The zero-order valence-electron chi connectivity index (χ0n) is 16.6. The van der Waals surface area contributed by atoms with E-state index in [1.54, 1.807) is 48.5 Å². The second-order valence-electron chi connectivity index (χ2n) is 6.98. The highest BCUT2D eigenvalue weighted by Crippen LogP contribution is 2.47. The first-order valence-electron chi connectivity index (χ1n) is 9.62. The lowest BCUT2D eigenvalue weighted by molar-refractivity contribution is 0.368. The van der Waals surface area contributed by atoms with Gasteiger partial charge in [0.15, 0.2) is 5.75 Å². The molecule has 0 amide bonds. The first kappa shape index (κ1) is 19.4. The molecule has 0 aliphatic carbocycles. The predicted molar refractivity (Wildman–Crippen MR) is 114 cm³/mol. The lowest BCUT2D eigenvalue weighted by Gasteiger charge is -2.13. The van der Waals surface area contributed by atoms with E-state index in [2.05, 4.69) is 4.98 Å². The van der Waals surface area contributed by atoms with Crippen molar-refractivity contribution in [3.63, 3.8) is 0 Å². The molecule has 0 saturated carbocycles. The third-order valence-electron chi connectivity index (χ3n) is 5.07. The minimum Gasteiger partial charge on any atom is -0.508 e. The van der Waals surface area contributed by atoms with Gasteiger partial charge in [-0.2, -0.15) is 0 Å². The van der Waals surface area contributed by atoms with Crippen LogP contribution in [-0.2, 0) is 13.1 Å². The van der Waals surface area contributed by atoms with E-state index >= 15 is 0 Å². The van der Waals surface area contributed by atoms with Crippen molar-refractivity contribution in [1.29, 1.82) is 0 Å². The minimum atomic E-state index is -0.214. The standard InChI is InChI=1S/C23H23N3O4/c1-30-19-8-6-16(7-9-19)21-20(17-4-2-5-18(27)14-17)22(28)23(29)26(21)12-3-11-25-13-10-24-15-25/h2,4-10,13-15,27-29H,3,11-12H2,1H3. The quantitative estimate of drug-likeness (QED) is 0.428. The summed E-state index contributed by atoms with van der Waals surface area (Å²) in [6, 6.07) is 14.0. The third-order valence-corrected chi connectivity index (χ3v) is 5.07. The van der Waals surface area contributed by atoms with Gasteiger partial charge >= 0.3 is 0 Å². The van der Waals surface area contributed by atoms with Crippen molar-refractivity contribution in [2.24, 2.45) is 0 Å². The monoisotopic (exact) mass is 405 g/mol. The Bertz CT molecular complexity index is 1130. The molecule has 4 rings (SSSR count). The van der Waals surface area contributed by atoms with Gasteiger partial charge in [-0.05, 0) is 53.9 Å². The lowest BCUT2D eigenvalue weighted by Crippen LogP contribution is -2.04. The Morgan fingerprint density at radius 1 is 0.967 bits per heavy atom. The fourth-order valence-electron chi connectivity index (χ4n) is 3.62. The summed E-state index contributed by atoms with van der Waals surface area (Å²) in [5.41, 5.74) is 2.56. The number of phenols is 1. The number of aryl methyl sites for hydroxylation is 1. The summed E-state index contributed by atoms with van der Waals surface area (Å²) < 4.78 is 8.92. The maximum Gasteiger partial charge on any atom is 0.235 e. The molecule has 4 aromatic rings. The molecule has 154 valence electrons. The molecular weight excluding hydrogens is 382 g/mol. The zero-order valence-corrected chi connectivity index (χ0v) is 16.6. The summed E-state index contributed by atoms with van der Waals surface area (Å²) in [4.78, 5) is 4.04. The number of nitrogens with zero attached hydrogens (tertiary/aromatic N) is 3. The molecule has 0 unspecified atom stereocenters. The highest BCUT2D eigenvalue weighted by Gasteiger charge is 2.24. The Morgan fingerprint density at radius 2 is 1.77 bits per heavy atom. The molecule has 3 N–H and O–H groups in total. The van der Waals surface area contributed by atoms with Gasteiger partial charge in [-0.25, -0.2) is 4.98 Å². The molecule has 0 aliphatic heterocycles. The second kappa shape index (κ2) is 8.24. The van der Waals surface area contributed by atoms with Crippen LogP contribution in [0.5, 0.6) is 23.1 Å². The molecular formula is C23H23N3O4. The average Bonchev–Trinajstić information content (AvgIpc) is 3.36. The SMILES string of the molecule is COc1ccc(-c2c(-c3cccc(O)c3)c(O)c(O)n2CCCn2ccnc2)cc1. The Labute approximate surface area is 174 Å². The number of methoxy groups -OCH3 is 1. The Morgan fingerprint density at radius 3 is 2.43 bits per heavy atom. The van der Waals surface area contributed by atoms with Crippen molar-refractivity contribution in [3.8, 4) is 45.5 Å². The Balaban J connectivity index is 1.80. The number of phenolic OH excluding ortho intramolecular Hbond substituents is 1. The second-order valence-corrected chi connectivity index (χ2v) is 6.98. The van der Waals surface area contributed by atoms with Crippen LogP contribution in [0.25, 0.3) is 22.4 Å². The van der Waals surface area contributed by atoms with Gasteiger partial charge in [-0.1, -0.05) is 12.1 Å². The van der Waals surface area contributed by atoms with E-state index in [1.807, 2.05) is 35.0 Å². The van der Waals surface area contributed by atoms with Crippen molar-refractivity contribution in [3.05, 3.63) is 67.3 Å². The van der Waals surface area contributed by atoms with Crippen LogP contribution in [0, 0.1) is 0 Å². The van der Waals surface area contributed by atoms with Gasteiger partial charge in [0.1, 0.15) is 11.5 Å². The molecule has 2 heterocycles. The molecule has 0 aliphatic rings. The van der Waals surface area contributed by atoms with Crippen molar-refractivity contribution in [1.82, 2.24) is 14.1 Å². The molecule has 0 spiro atoms. The van der Waals surface area contributed by atoms with Crippen LogP contribution < -0.4 is 4.74 Å². The van der Waals surface area contributed by atoms with Crippen LogP contribution in [-0.4, -0.2) is 36.5 Å². The number of ether oxygens (including phenoxy) is 1. The third kappa shape index (κ3) is 3.69. The van der Waals surface area contributed by atoms with Gasteiger partial charge in [-0.15, -0.1) is 0 Å². The van der Waals surface area contributed by atoms with E-state index in [0.29, 0.717) is 29.1 Å². The lowest BCUT2D eigenvalue weighted by atomic mass is 10.00. The zero-order chi connectivity index (χ0) is 21.1. The molecule has 30 heavy (non-hydrogen) atoms. The van der Waals surface area contributed by atoms with Crippen LogP contribution in [0.3, 0.4) is 0 Å². The molecule has 2 aromatic carbocycles. The van der Waals surface area contributed by atoms with Crippen LogP contribution in [0.4, 0.5) is 0 Å². The average molecular weight is 405 g/mol. The summed E-state index contributed by atoms with van der Waals surface area (Å²) in [6.45, 7) is 1.21. The molecule has 0 radical (unpaired) electrons. The molecule has 2 aromatic heterocycles. The number of imidazole rings is 1. The van der Waals surface area contributed by atoms with Gasteiger partial charge in [0, 0.05) is 25.5 Å². The van der Waals surface area contributed by atoms with Crippen molar-refractivity contribution < 1.29 is 20.1 Å². The van der Waals surface area contributed by atoms with Crippen molar-refractivity contribution >= 4 is 0 Å². The first-order chi connectivity index (χ1) is 14.6. The molecule has 0 fully saturated rings. The van der Waals surface area contributed by atoms with Gasteiger partial charge in [0.25, 0.3) is 0 Å². The smallest absolute Gasteiger partial charge is 0.235 e. The van der Waals surface area contributed by atoms with Crippen molar-refractivity contribution in [2.45, 2.75) is 19.5 Å². The highest BCUT2D eigenvalue weighted by molar-refractivity contribution is 5.89. The van der Waals surface area contributed by atoms with E-state index in [-0.39, 0.29) is 17.4 Å². The molecule has 0 atom stereocenters. The van der Waals surface area contributed by atoms with Crippen LogP contribution in [0.2, 0.25) is 0 Å². The number of hydrogen-bond donors (Lipinski definition) is 3. The van der Waals surface area contributed by atoms with Gasteiger partial charge in [0.2, 0.25) is 5.88 Å². The molecule has 7 heteroatoms. The van der Waals surface area contributed by atoms with Crippen LogP contribution >= 0.6 is 0 Å². The van der Waals surface area contributed by atoms with Gasteiger partial charge in [-0.3, -0.25) is 0 Å². The van der Waals surface area contributed by atoms with Gasteiger partial charge in [0.05, 0.1) is 24.7 Å². The number of benzene rings is 2. The molecule has 7 nitrogen and oxygen atoms in total. The number of aromatic nitrogens is 3. The summed E-state index contributed by atoms with van der Waals surface area (Å²) in [5.74, 6) is 0.378. The first-order valence-corrected chi connectivity index (χ1v) is 9.62. The fraction of sp³-hybridized carbons (Fsp3) is 0.174. The fourth-order valence-corrected chi connectivity index (χ4v) is 3.62. The predicted octanol–water partition coefficient (Wildman–Crippen LogP) is 4.23. The van der Waals surface area contributed by atoms with E-state index in [0.717, 1.165) is 18.5 Å². The van der Waals surface area contributed by atoms with E-state index in [9.17, 15) is 15.3 Å². The molecule has 0 saturated heterocycles. The van der Waals surface area contributed by atoms with Gasteiger partial charge < -0.3 is 29.2 Å². The minimum absolute atomic E-state index is 0.0833. The Kier molecular flexibility index (Phi) is 5.34. The van der Waals surface area contributed by atoms with E-state index in [4.69, 9.17) is 4.74 Å². The van der Waals surface area contributed by atoms with Crippen LogP contribution in [0.15, 0.2) is 67.3 Å².